The van der Waals surface area contributed by atoms with E-state index < -0.39 is 10.0 Å². The summed E-state index contributed by atoms with van der Waals surface area (Å²) in [7, 11) is -3.46. The van der Waals surface area contributed by atoms with Gasteiger partial charge in [0, 0.05) is 24.5 Å². The van der Waals surface area contributed by atoms with Gasteiger partial charge < -0.3 is 10.6 Å². The first-order valence-corrected chi connectivity index (χ1v) is 9.24. The lowest BCUT2D eigenvalue weighted by atomic mass is 10.5. The van der Waals surface area contributed by atoms with Gasteiger partial charge in [0.2, 0.25) is 10.0 Å². The van der Waals surface area contributed by atoms with Crippen molar-refractivity contribution in [3.8, 4) is 0 Å². The van der Waals surface area contributed by atoms with Crippen LogP contribution in [0.4, 0.5) is 0 Å². The van der Waals surface area contributed by atoms with E-state index in [2.05, 4.69) is 39.4 Å². The second-order valence-electron chi connectivity index (χ2n) is 3.98. The summed E-state index contributed by atoms with van der Waals surface area (Å²) >= 11 is 4.63. The number of nitrogens with zero attached hydrogens (tertiary/aromatic N) is 1. The van der Waals surface area contributed by atoms with Crippen molar-refractivity contribution in [2.24, 2.45) is 5.73 Å². The Hall–Kier alpha value is 0.01000. The standard InChI is InChI=1S/C11H20BrN3O2S2/c1-3-15(4-2)6-5-14-19(16,17)10-7-9(8-13)18-11(10)12/h7,14H,3-6,8,13H2,1-2H3. The molecule has 1 aromatic heterocycles. The number of nitrogens with two attached hydrogens (primary N) is 1. The van der Waals surface area contributed by atoms with Crippen molar-refractivity contribution in [2.45, 2.75) is 25.3 Å². The van der Waals surface area contributed by atoms with Crippen LogP contribution in [-0.4, -0.2) is 39.5 Å². The molecule has 0 fully saturated rings. The topological polar surface area (TPSA) is 75.4 Å². The van der Waals surface area contributed by atoms with Crippen LogP contribution in [0.5, 0.6) is 0 Å². The molecule has 0 saturated carbocycles. The number of likely N-dealkylation sites (N-methyl/N-ethyl adjacent to an activating group) is 1. The van der Waals surface area contributed by atoms with E-state index in [9.17, 15) is 8.42 Å². The van der Waals surface area contributed by atoms with Gasteiger partial charge in [-0.1, -0.05) is 13.8 Å². The van der Waals surface area contributed by atoms with Gasteiger partial charge in [0.15, 0.2) is 0 Å². The molecule has 0 aliphatic rings. The summed E-state index contributed by atoms with van der Waals surface area (Å²) in [6, 6.07) is 1.62. The van der Waals surface area contributed by atoms with E-state index in [1.54, 1.807) is 6.07 Å². The fourth-order valence-corrected chi connectivity index (χ4v) is 5.22. The summed E-state index contributed by atoms with van der Waals surface area (Å²) in [6.45, 7) is 7.40. The number of nitrogens with one attached hydrogen (secondary N) is 1. The molecule has 0 amide bonds. The first-order chi connectivity index (χ1) is 8.94. The third-order valence-electron chi connectivity index (χ3n) is 2.81. The predicted molar refractivity (Wildman–Crippen MR) is 82.9 cm³/mol. The van der Waals surface area contributed by atoms with Crippen LogP contribution in [-0.2, 0) is 16.6 Å². The Morgan fingerprint density at radius 3 is 2.53 bits per heavy atom. The maximum atomic E-state index is 12.1. The average Bonchev–Trinajstić information content (AvgIpc) is 2.77. The molecule has 1 aromatic rings. The molecule has 0 saturated heterocycles. The summed E-state index contributed by atoms with van der Waals surface area (Å²) in [6.07, 6.45) is 0. The van der Waals surface area contributed by atoms with Gasteiger partial charge in [0.05, 0.1) is 3.79 Å². The minimum absolute atomic E-state index is 0.275. The van der Waals surface area contributed by atoms with E-state index >= 15 is 0 Å². The maximum Gasteiger partial charge on any atom is 0.242 e. The van der Waals surface area contributed by atoms with Crippen molar-refractivity contribution >= 4 is 37.3 Å². The third-order valence-corrected chi connectivity index (χ3v) is 6.55. The third kappa shape index (κ3) is 4.80. The van der Waals surface area contributed by atoms with Crippen molar-refractivity contribution in [1.29, 1.82) is 0 Å². The Morgan fingerprint density at radius 1 is 1.42 bits per heavy atom. The van der Waals surface area contributed by atoms with Crippen molar-refractivity contribution < 1.29 is 8.42 Å². The van der Waals surface area contributed by atoms with Crippen molar-refractivity contribution in [2.75, 3.05) is 26.2 Å². The first-order valence-electron chi connectivity index (χ1n) is 6.14. The van der Waals surface area contributed by atoms with Crippen LogP contribution in [0.1, 0.15) is 18.7 Å². The number of hydrogen-bond acceptors (Lipinski definition) is 5. The summed E-state index contributed by atoms with van der Waals surface area (Å²) in [5, 5.41) is 0. The molecule has 0 unspecified atom stereocenters. The quantitative estimate of drug-likeness (QED) is 0.729. The molecule has 0 aliphatic carbocycles. The minimum atomic E-state index is -3.46. The molecule has 3 N–H and O–H groups in total. The Balaban J connectivity index is 2.68. The molecule has 19 heavy (non-hydrogen) atoms. The van der Waals surface area contributed by atoms with Gasteiger partial charge >= 0.3 is 0 Å². The molecular weight excluding hydrogens is 350 g/mol. The monoisotopic (exact) mass is 369 g/mol. The number of rotatable bonds is 8. The van der Waals surface area contributed by atoms with Crippen LogP contribution in [0, 0.1) is 0 Å². The molecule has 0 radical (unpaired) electrons. The fraction of sp³-hybridized carbons (Fsp3) is 0.636. The van der Waals surface area contributed by atoms with Crippen LogP contribution in [0.3, 0.4) is 0 Å². The largest absolute Gasteiger partial charge is 0.326 e. The average molecular weight is 370 g/mol. The van der Waals surface area contributed by atoms with E-state index in [0.717, 1.165) is 18.0 Å². The van der Waals surface area contributed by atoms with Crippen LogP contribution in [0.15, 0.2) is 14.7 Å². The lowest BCUT2D eigenvalue weighted by Crippen LogP contribution is -2.34. The van der Waals surface area contributed by atoms with Crippen LogP contribution in [0.25, 0.3) is 0 Å². The second-order valence-corrected chi connectivity index (χ2v) is 8.17. The predicted octanol–water partition coefficient (Wildman–Crippen LogP) is 1.59. The Kier molecular flexibility index (Phi) is 6.92. The van der Waals surface area contributed by atoms with Crippen molar-refractivity contribution in [1.82, 2.24) is 9.62 Å². The molecule has 0 bridgehead atoms. The molecule has 1 heterocycles. The lowest BCUT2D eigenvalue weighted by Gasteiger charge is -2.17. The fourth-order valence-electron chi connectivity index (χ4n) is 1.64. The summed E-state index contributed by atoms with van der Waals surface area (Å²) in [5.41, 5.74) is 5.52. The van der Waals surface area contributed by atoms with Gasteiger partial charge in [0.1, 0.15) is 4.90 Å². The summed E-state index contributed by atoms with van der Waals surface area (Å²) < 4.78 is 27.5. The molecule has 0 spiro atoms. The highest BCUT2D eigenvalue weighted by molar-refractivity contribution is 9.11. The zero-order valence-corrected chi connectivity index (χ0v) is 14.4. The SMILES string of the molecule is CCN(CC)CCNS(=O)(=O)c1cc(CN)sc1Br. The highest BCUT2D eigenvalue weighted by Gasteiger charge is 2.20. The molecule has 0 aliphatic heterocycles. The Labute approximate surface area is 127 Å². The summed E-state index contributed by atoms with van der Waals surface area (Å²) in [4.78, 5) is 3.28. The molecule has 0 atom stereocenters. The second kappa shape index (κ2) is 7.70. The Morgan fingerprint density at radius 2 is 2.05 bits per heavy atom. The zero-order valence-electron chi connectivity index (χ0n) is 11.1. The summed E-state index contributed by atoms with van der Waals surface area (Å²) in [5.74, 6) is 0. The normalized spacial score (nSPS) is 12.3. The van der Waals surface area contributed by atoms with Gasteiger partial charge in [-0.3, -0.25) is 0 Å². The zero-order chi connectivity index (χ0) is 14.5. The van der Waals surface area contributed by atoms with E-state index in [0.29, 0.717) is 23.4 Å². The minimum Gasteiger partial charge on any atom is -0.326 e. The van der Waals surface area contributed by atoms with E-state index in [1.807, 2.05) is 0 Å². The van der Waals surface area contributed by atoms with E-state index in [4.69, 9.17) is 5.73 Å². The molecule has 0 aromatic carbocycles. The van der Waals surface area contributed by atoms with Gasteiger partial charge in [-0.25, -0.2) is 13.1 Å². The lowest BCUT2D eigenvalue weighted by molar-refractivity contribution is 0.309. The number of thiophene rings is 1. The van der Waals surface area contributed by atoms with Crippen molar-refractivity contribution in [3.05, 3.63) is 14.7 Å². The molecular formula is C11H20BrN3O2S2. The molecule has 5 nitrogen and oxygen atoms in total. The number of halogens is 1. The van der Waals surface area contributed by atoms with Gasteiger partial charge in [0.25, 0.3) is 0 Å². The van der Waals surface area contributed by atoms with E-state index in [1.165, 1.54) is 11.3 Å². The van der Waals surface area contributed by atoms with Crippen molar-refractivity contribution in [3.63, 3.8) is 0 Å². The molecule has 8 heteroatoms. The van der Waals surface area contributed by atoms with Gasteiger partial charge in [-0.05, 0) is 35.1 Å². The smallest absolute Gasteiger partial charge is 0.242 e. The molecule has 1 rings (SSSR count). The molecule has 110 valence electrons. The van der Waals surface area contributed by atoms with Gasteiger partial charge in [-0.15, -0.1) is 11.3 Å². The van der Waals surface area contributed by atoms with Gasteiger partial charge in [-0.2, -0.15) is 0 Å². The highest BCUT2D eigenvalue weighted by atomic mass is 79.9. The Bertz CT molecular complexity index is 498. The first kappa shape index (κ1) is 17.1. The number of sulfonamides is 1. The highest BCUT2D eigenvalue weighted by Crippen LogP contribution is 2.31. The number of hydrogen-bond donors (Lipinski definition) is 2. The van der Waals surface area contributed by atoms with Crippen LogP contribution < -0.4 is 10.5 Å². The van der Waals surface area contributed by atoms with Crippen LogP contribution in [0.2, 0.25) is 0 Å². The van der Waals surface area contributed by atoms with E-state index in [-0.39, 0.29) is 4.90 Å². The maximum absolute atomic E-state index is 12.1. The van der Waals surface area contributed by atoms with Crippen LogP contribution >= 0.6 is 27.3 Å².